The lowest BCUT2D eigenvalue weighted by molar-refractivity contribution is -0.119. The fraction of sp³-hybridized carbons (Fsp3) is 0.286. The number of hydrogen-bond donors (Lipinski definition) is 1. The topological polar surface area (TPSA) is 56.2 Å². The molecule has 20 heavy (non-hydrogen) atoms. The van der Waals surface area contributed by atoms with Gasteiger partial charge in [0.15, 0.2) is 0 Å². The van der Waals surface area contributed by atoms with Gasteiger partial charge in [-0.1, -0.05) is 15.9 Å². The van der Waals surface area contributed by atoms with Gasteiger partial charge in [-0.2, -0.15) is 5.10 Å². The Hall–Kier alpha value is -1.66. The molecule has 1 fully saturated rings. The average Bonchev–Trinajstić information content (AvgIpc) is 3.12. The molecule has 1 N–H and O–H groups in total. The molecule has 0 radical (unpaired) electrons. The SMILES string of the molecule is O=C(Nc1cc(Br)ccc1-n1cccn1)[C@H]1CCOC1. The predicted octanol–water partition coefficient (Wildman–Crippen LogP) is 2.61. The van der Waals surface area contributed by atoms with Gasteiger partial charge in [0.2, 0.25) is 5.91 Å². The van der Waals surface area contributed by atoms with E-state index in [1.54, 1.807) is 10.9 Å². The Bertz CT molecular complexity index is 607. The van der Waals surface area contributed by atoms with Gasteiger partial charge in [0.1, 0.15) is 0 Å². The highest BCUT2D eigenvalue weighted by Crippen LogP contribution is 2.25. The minimum absolute atomic E-state index is 0.00555. The molecule has 0 spiro atoms. The lowest BCUT2D eigenvalue weighted by atomic mass is 10.1. The van der Waals surface area contributed by atoms with Crippen LogP contribution in [-0.2, 0) is 9.53 Å². The first-order chi connectivity index (χ1) is 9.74. The number of carbonyl (C=O) groups is 1. The summed E-state index contributed by atoms with van der Waals surface area (Å²) in [4.78, 5) is 12.2. The number of rotatable bonds is 3. The molecule has 1 aromatic carbocycles. The van der Waals surface area contributed by atoms with Crippen molar-refractivity contribution in [3.63, 3.8) is 0 Å². The maximum Gasteiger partial charge on any atom is 0.229 e. The van der Waals surface area contributed by atoms with Crippen LogP contribution in [0.25, 0.3) is 5.69 Å². The predicted molar refractivity (Wildman–Crippen MR) is 78.8 cm³/mol. The van der Waals surface area contributed by atoms with Gasteiger partial charge in [-0.15, -0.1) is 0 Å². The first-order valence-electron chi connectivity index (χ1n) is 6.42. The van der Waals surface area contributed by atoms with E-state index in [1.165, 1.54) is 0 Å². The van der Waals surface area contributed by atoms with Gasteiger partial charge in [-0.05, 0) is 30.7 Å². The molecular weight excluding hydrogens is 322 g/mol. The smallest absolute Gasteiger partial charge is 0.229 e. The quantitative estimate of drug-likeness (QED) is 0.937. The van der Waals surface area contributed by atoms with Gasteiger partial charge < -0.3 is 10.1 Å². The molecule has 1 saturated heterocycles. The van der Waals surface area contributed by atoms with Gasteiger partial charge in [0, 0.05) is 23.5 Å². The van der Waals surface area contributed by atoms with Crippen molar-refractivity contribution in [2.45, 2.75) is 6.42 Å². The van der Waals surface area contributed by atoms with Crippen molar-refractivity contribution in [2.24, 2.45) is 5.92 Å². The number of carbonyl (C=O) groups excluding carboxylic acids is 1. The number of hydrogen-bond acceptors (Lipinski definition) is 3. The van der Waals surface area contributed by atoms with Crippen molar-refractivity contribution in [2.75, 3.05) is 18.5 Å². The second-order valence-electron chi connectivity index (χ2n) is 4.66. The number of nitrogens with zero attached hydrogens (tertiary/aromatic N) is 2. The minimum Gasteiger partial charge on any atom is -0.381 e. The molecule has 104 valence electrons. The number of aromatic nitrogens is 2. The van der Waals surface area contributed by atoms with Crippen molar-refractivity contribution in [3.8, 4) is 5.69 Å². The second-order valence-corrected chi connectivity index (χ2v) is 5.58. The van der Waals surface area contributed by atoms with Crippen molar-refractivity contribution < 1.29 is 9.53 Å². The first kappa shape index (κ1) is 13.3. The molecule has 1 atom stereocenters. The Morgan fingerprint density at radius 2 is 2.40 bits per heavy atom. The monoisotopic (exact) mass is 335 g/mol. The van der Waals surface area contributed by atoms with Gasteiger partial charge in [0.05, 0.1) is 23.9 Å². The third-order valence-corrected chi connectivity index (χ3v) is 3.76. The summed E-state index contributed by atoms with van der Waals surface area (Å²) < 4.78 is 7.89. The van der Waals surface area contributed by atoms with Crippen LogP contribution in [-0.4, -0.2) is 28.9 Å². The van der Waals surface area contributed by atoms with Crippen molar-refractivity contribution in [1.29, 1.82) is 0 Å². The maximum absolute atomic E-state index is 12.2. The molecule has 0 saturated carbocycles. The molecule has 3 rings (SSSR count). The zero-order chi connectivity index (χ0) is 13.9. The highest BCUT2D eigenvalue weighted by atomic mass is 79.9. The zero-order valence-corrected chi connectivity index (χ0v) is 12.3. The van der Waals surface area contributed by atoms with Crippen LogP contribution in [0.1, 0.15) is 6.42 Å². The van der Waals surface area contributed by atoms with Crippen LogP contribution in [0.5, 0.6) is 0 Å². The van der Waals surface area contributed by atoms with E-state index in [1.807, 2.05) is 30.5 Å². The van der Waals surface area contributed by atoms with Crippen LogP contribution in [0.2, 0.25) is 0 Å². The van der Waals surface area contributed by atoms with Crippen LogP contribution in [0.15, 0.2) is 41.1 Å². The second kappa shape index (κ2) is 5.76. The largest absolute Gasteiger partial charge is 0.381 e. The summed E-state index contributed by atoms with van der Waals surface area (Å²) in [5.74, 6) is -0.0755. The van der Waals surface area contributed by atoms with Crippen LogP contribution >= 0.6 is 15.9 Å². The highest BCUT2D eigenvalue weighted by Gasteiger charge is 2.24. The van der Waals surface area contributed by atoms with E-state index in [9.17, 15) is 4.79 Å². The standard InChI is InChI=1S/C14H14BrN3O2/c15-11-2-3-13(18-6-1-5-16-18)12(8-11)17-14(19)10-4-7-20-9-10/h1-3,5-6,8,10H,4,7,9H2,(H,17,19)/t10-/m0/s1. The number of ether oxygens (including phenoxy) is 1. The van der Waals surface area contributed by atoms with E-state index in [0.29, 0.717) is 13.2 Å². The van der Waals surface area contributed by atoms with E-state index in [4.69, 9.17) is 4.74 Å². The van der Waals surface area contributed by atoms with Gasteiger partial charge >= 0.3 is 0 Å². The molecule has 5 nitrogen and oxygen atoms in total. The summed E-state index contributed by atoms with van der Waals surface area (Å²) in [7, 11) is 0. The number of halogens is 1. The third kappa shape index (κ3) is 2.76. The van der Waals surface area contributed by atoms with Crippen molar-refractivity contribution in [1.82, 2.24) is 9.78 Å². The summed E-state index contributed by atoms with van der Waals surface area (Å²) >= 11 is 3.43. The number of amides is 1. The Morgan fingerprint density at radius 3 is 3.10 bits per heavy atom. The number of benzene rings is 1. The molecule has 1 aromatic heterocycles. The van der Waals surface area contributed by atoms with E-state index in [-0.39, 0.29) is 11.8 Å². The zero-order valence-electron chi connectivity index (χ0n) is 10.8. The van der Waals surface area contributed by atoms with Gasteiger partial charge in [0.25, 0.3) is 0 Å². The van der Waals surface area contributed by atoms with Crippen LogP contribution in [0, 0.1) is 5.92 Å². The van der Waals surface area contributed by atoms with Gasteiger partial charge in [-0.3, -0.25) is 4.79 Å². The minimum atomic E-state index is -0.0700. The molecule has 1 aliphatic rings. The van der Waals surface area contributed by atoms with E-state index >= 15 is 0 Å². The van der Waals surface area contributed by atoms with Crippen molar-refractivity contribution >= 4 is 27.5 Å². The Kier molecular flexibility index (Phi) is 3.84. The molecule has 0 unspecified atom stereocenters. The first-order valence-corrected chi connectivity index (χ1v) is 7.21. The fourth-order valence-corrected chi connectivity index (χ4v) is 2.56. The average molecular weight is 336 g/mol. The summed E-state index contributed by atoms with van der Waals surface area (Å²) in [6.07, 6.45) is 4.33. The number of nitrogens with one attached hydrogen (secondary N) is 1. The normalized spacial score (nSPS) is 18.1. The fourth-order valence-electron chi connectivity index (χ4n) is 2.20. The van der Waals surface area contributed by atoms with Crippen LogP contribution < -0.4 is 5.32 Å². The molecular formula is C14H14BrN3O2. The summed E-state index contributed by atoms with van der Waals surface area (Å²) in [6, 6.07) is 7.56. The summed E-state index contributed by atoms with van der Waals surface area (Å²) in [5, 5.41) is 7.18. The van der Waals surface area contributed by atoms with Crippen LogP contribution in [0.3, 0.4) is 0 Å². The van der Waals surface area contributed by atoms with E-state index < -0.39 is 0 Å². The molecule has 0 bridgehead atoms. The lowest BCUT2D eigenvalue weighted by Crippen LogP contribution is -2.23. The Balaban J connectivity index is 1.87. The summed E-state index contributed by atoms with van der Waals surface area (Å²) in [5.41, 5.74) is 1.57. The molecule has 1 amide bonds. The highest BCUT2D eigenvalue weighted by molar-refractivity contribution is 9.10. The molecule has 2 heterocycles. The Morgan fingerprint density at radius 1 is 1.50 bits per heavy atom. The van der Waals surface area contributed by atoms with E-state index in [2.05, 4.69) is 26.3 Å². The Labute approximate surface area is 125 Å². The molecule has 2 aromatic rings. The van der Waals surface area contributed by atoms with Crippen molar-refractivity contribution in [3.05, 3.63) is 41.1 Å². The van der Waals surface area contributed by atoms with Gasteiger partial charge in [-0.25, -0.2) is 4.68 Å². The summed E-state index contributed by atoms with van der Waals surface area (Å²) in [6.45, 7) is 1.15. The number of anilines is 1. The molecule has 6 heteroatoms. The maximum atomic E-state index is 12.2. The lowest BCUT2D eigenvalue weighted by Gasteiger charge is -2.14. The van der Waals surface area contributed by atoms with E-state index in [0.717, 1.165) is 22.3 Å². The molecule has 0 aliphatic carbocycles. The van der Waals surface area contributed by atoms with Crippen LogP contribution in [0.4, 0.5) is 5.69 Å². The third-order valence-electron chi connectivity index (χ3n) is 3.27. The molecule has 1 aliphatic heterocycles.